The topological polar surface area (TPSA) is 82.2 Å². The van der Waals surface area contributed by atoms with Crippen molar-refractivity contribution in [3.63, 3.8) is 0 Å². The Hall–Kier alpha value is -2.29. The number of pyridine rings is 1. The molecule has 1 saturated heterocycles. The molecule has 1 atom stereocenters. The van der Waals surface area contributed by atoms with Gasteiger partial charge >= 0.3 is 0 Å². The van der Waals surface area contributed by atoms with E-state index in [1.165, 1.54) is 0 Å². The van der Waals surface area contributed by atoms with Gasteiger partial charge in [0.25, 0.3) is 0 Å². The number of likely N-dealkylation sites (N-methyl/N-ethyl adjacent to an activating group) is 1. The van der Waals surface area contributed by atoms with Crippen LogP contribution in [-0.4, -0.2) is 59.3 Å². The molecule has 0 amide bonds. The number of piperazine rings is 1. The van der Waals surface area contributed by atoms with Gasteiger partial charge in [0, 0.05) is 43.6 Å². The molecule has 0 saturated carbocycles. The van der Waals surface area contributed by atoms with Crippen molar-refractivity contribution >= 4 is 20.9 Å². The predicted octanol–water partition coefficient (Wildman–Crippen LogP) is 1.94. The van der Waals surface area contributed by atoms with Crippen LogP contribution in [0.3, 0.4) is 0 Å². The average molecular weight is 371 g/mol. The molecule has 2 aromatic heterocycles. The highest BCUT2D eigenvalue weighted by atomic mass is 32.2. The Morgan fingerprint density at radius 3 is 2.77 bits per heavy atom. The van der Waals surface area contributed by atoms with Crippen molar-refractivity contribution in [2.45, 2.75) is 17.9 Å². The zero-order valence-electron chi connectivity index (χ0n) is 14.8. The fourth-order valence-corrected chi connectivity index (χ4v) is 5.09. The van der Waals surface area contributed by atoms with Gasteiger partial charge < -0.3 is 4.98 Å². The lowest BCUT2D eigenvalue weighted by Gasteiger charge is -2.37. The van der Waals surface area contributed by atoms with E-state index in [0.29, 0.717) is 29.9 Å². The van der Waals surface area contributed by atoms with E-state index in [4.69, 9.17) is 0 Å². The molecule has 26 heavy (non-hydrogen) atoms. The molecule has 4 rings (SSSR count). The second-order valence-electron chi connectivity index (χ2n) is 6.61. The molecule has 3 aromatic rings. The summed E-state index contributed by atoms with van der Waals surface area (Å²) in [7, 11) is -1.64. The number of rotatable bonds is 3. The largest absolute Gasteiger partial charge is 0.347 e. The number of benzene rings is 1. The maximum atomic E-state index is 13.4. The van der Waals surface area contributed by atoms with Crippen LogP contribution < -0.4 is 0 Å². The minimum atomic E-state index is -3.63. The second-order valence-corrected chi connectivity index (χ2v) is 8.52. The Morgan fingerprint density at radius 2 is 2.00 bits per heavy atom. The molecule has 1 aliphatic rings. The SMILES string of the molecule is Cc1ccc(S(=O)(=O)N2CCN(C)[C@H](c3ncc[nH]3)C2)c2cccnc12. The van der Waals surface area contributed by atoms with Gasteiger partial charge in [-0.15, -0.1) is 0 Å². The normalized spacial score (nSPS) is 19.8. The summed E-state index contributed by atoms with van der Waals surface area (Å²) in [6.07, 6.45) is 5.14. The first-order valence-electron chi connectivity index (χ1n) is 8.52. The molecular formula is C18H21N5O2S. The van der Waals surface area contributed by atoms with Crippen molar-refractivity contribution in [1.29, 1.82) is 0 Å². The number of nitrogens with one attached hydrogen (secondary N) is 1. The van der Waals surface area contributed by atoms with Crippen molar-refractivity contribution in [3.8, 4) is 0 Å². The van der Waals surface area contributed by atoms with Crippen LogP contribution in [0.5, 0.6) is 0 Å². The first kappa shape index (κ1) is 17.1. The van der Waals surface area contributed by atoms with Gasteiger partial charge in [-0.25, -0.2) is 13.4 Å². The van der Waals surface area contributed by atoms with Gasteiger partial charge in [-0.1, -0.05) is 6.07 Å². The fourth-order valence-electron chi connectivity index (χ4n) is 3.47. The molecule has 0 unspecified atom stereocenters. The van der Waals surface area contributed by atoms with Crippen LogP contribution in [0, 0.1) is 6.92 Å². The summed E-state index contributed by atoms with van der Waals surface area (Å²) in [4.78, 5) is 14.2. The number of hydrogen-bond donors (Lipinski definition) is 1. The number of H-pyrrole nitrogens is 1. The molecule has 7 nitrogen and oxygen atoms in total. The average Bonchev–Trinajstić information content (AvgIpc) is 3.16. The van der Waals surface area contributed by atoms with E-state index in [-0.39, 0.29) is 6.04 Å². The molecule has 0 radical (unpaired) electrons. The van der Waals surface area contributed by atoms with Crippen molar-refractivity contribution in [2.24, 2.45) is 0 Å². The zero-order valence-corrected chi connectivity index (χ0v) is 15.6. The van der Waals surface area contributed by atoms with Gasteiger partial charge in [-0.2, -0.15) is 4.31 Å². The van der Waals surface area contributed by atoms with E-state index >= 15 is 0 Å². The van der Waals surface area contributed by atoms with Crippen LogP contribution in [0.4, 0.5) is 0 Å². The smallest absolute Gasteiger partial charge is 0.243 e. The molecule has 0 bridgehead atoms. The number of aromatic nitrogens is 3. The lowest BCUT2D eigenvalue weighted by atomic mass is 10.1. The summed E-state index contributed by atoms with van der Waals surface area (Å²) >= 11 is 0. The molecule has 1 N–H and O–H groups in total. The number of fused-ring (bicyclic) bond motifs is 1. The lowest BCUT2D eigenvalue weighted by Crippen LogP contribution is -2.49. The minimum Gasteiger partial charge on any atom is -0.347 e. The van der Waals surface area contributed by atoms with Crippen LogP contribution in [0.1, 0.15) is 17.4 Å². The standard InChI is InChI=1S/C18H21N5O2S/c1-13-5-6-16(14-4-3-7-19-17(13)14)26(24,25)23-11-10-22(2)15(12-23)18-20-8-9-21-18/h3-9,15H,10-12H2,1-2H3,(H,20,21)/t15-/m0/s1. The van der Waals surface area contributed by atoms with Gasteiger partial charge in [0.15, 0.2) is 0 Å². The summed E-state index contributed by atoms with van der Waals surface area (Å²) in [6, 6.07) is 7.01. The van der Waals surface area contributed by atoms with Crippen LogP contribution >= 0.6 is 0 Å². The van der Waals surface area contributed by atoms with Crippen LogP contribution in [0.15, 0.2) is 47.8 Å². The van der Waals surface area contributed by atoms with Crippen molar-refractivity contribution in [2.75, 3.05) is 26.7 Å². The third-order valence-electron chi connectivity index (χ3n) is 4.99. The summed E-state index contributed by atoms with van der Waals surface area (Å²) in [5.41, 5.74) is 1.69. The van der Waals surface area contributed by atoms with Gasteiger partial charge in [0.1, 0.15) is 5.82 Å². The predicted molar refractivity (Wildman–Crippen MR) is 99.2 cm³/mol. The fraction of sp³-hybridized carbons (Fsp3) is 0.333. The molecule has 1 aromatic carbocycles. The summed E-state index contributed by atoms with van der Waals surface area (Å²) < 4.78 is 28.3. The maximum Gasteiger partial charge on any atom is 0.243 e. The number of aromatic amines is 1. The number of aryl methyl sites for hydroxylation is 1. The van der Waals surface area contributed by atoms with E-state index in [0.717, 1.165) is 16.9 Å². The van der Waals surface area contributed by atoms with Crippen LogP contribution in [0.2, 0.25) is 0 Å². The monoisotopic (exact) mass is 371 g/mol. The van der Waals surface area contributed by atoms with Gasteiger partial charge in [0.05, 0.1) is 16.5 Å². The van der Waals surface area contributed by atoms with Crippen LogP contribution in [-0.2, 0) is 10.0 Å². The van der Waals surface area contributed by atoms with Gasteiger partial charge in [-0.3, -0.25) is 9.88 Å². The number of imidazole rings is 1. The number of nitrogens with zero attached hydrogens (tertiary/aromatic N) is 4. The third-order valence-corrected chi connectivity index (χ3v) is 6.92. The van der Waals surface area contributed by atoms with E-state index in [2.05, 4.69) is 19.9 Å². The quantitative estimate of drug-likeness (QED) is 0.761. The highest BCUT2D eigenvalue weighted by Crippen LogP contribution is 2.30. The Labute approximate surface area is 152 Å². The first-order valence-corrected chi connectivity index (χ1v) is 9.96. The molecule has 1 fully saturated rings. The van der Waals surface area contributed by atoms with Crippen molar-refractivity contribution in [1.82, 2.24) is 24.2 Å². The second kappa shape index (κ2) is 6.46. The maximum absolute atomic E-state index is 13.4. The summed E-state index contributed by atoms with van der Waals surface area (Å²) in [6.45, 7) is 3.40. The molecular weight excluding hydrogens is 350 g/mol. The van der Waals surface area contributed by atoms with Crippen molar-refractivity contribution < 1.29 is 8.42 Å². The zero-order chi connectivity index (χ0) is 18.3. The van der Waals surface area contributed by atoms with Crippen molar-refractivity contribution in [3.05, 3.63) is 54.2 Å². The van der Waals surface area contributed by atoms with Crippen LogP contribution in [0.25, 0.3) is 10.9 Å². The first-order chi connectivity index (χ1) is 12.5. The van der Waals surface area contributed by atoms with E-state index in [1.807, 2.05) is 26.1 Å². The lowest BCUT2D eigenvalue weighted by molar-refractivity contribution is 0.142. The molecule has 3 heterocycles. The molecule has 0 aliphatic carbocycles. The minimum absolute atomic E-state index is 0.0941. The molecule has 8 heteroatoms. The van der Waals surface area contributed by atoms with E-state index < -0.39 is 10.0 Å². The Morgan fingerprint density at radius 1 is 1.15 bits per heavy atom. The highest BCUT2D eigenvalue weighted by molar-refractivity contribution is 7.89. The molecule has 0 spiro atoms. The third kappa shape index (κ3) is 2.80. The number of hydrogen-bond acceptors (Lipinski definition) is 5. The van der Waals surface area contributed by atoms with E-state index in [9.17, 15) is 8.42 Å². The van der Waals surface area contributed by atoms with Gasteiger partial charge in [-0.05, 0) is 37.7 Å². The highest BCUT2D eigenvalue weighted by Gasteiger charge is 2.35. The van der Waals surface area contributed by atoms with E-state index in [1.54, 1.807) is 35.0 Å². The van der Waals surface area contributed by atoms with Gasteiger partial charge in [0.2, 0.25) is 10.0 Å². The summed E-state index contributed by atoms with van der Waals surface area (Å²) in [5.74, 6) is 0.780. The Kier molecular flexibility index (Phi) is 4.26. The Balaban J connectivity index is 1.75. The Bertz CT molecular complexity index is 1030. The molecule has 1 aliphatic heterocycles. The summed E-state index contributed by atoms with van der Waals surface area (Å²) in [5, 5.41) is 0.668. The molecule has 136 valence electrons. The number of sulfonamides is 1.